The summed E-state index contributed by atoms with van der Waals surface area (Å²) in [7, 11) is 0. The zero-order chi connectivity index (χ0) is 13.1. The molecule has 1 N–H and O–H groups in total. The second-order valence-corrected chi connectivity index (χ2v) is 4.25. The summed E-state index contributed by atoms with van der Waals surface area (Å²) in [5, 5.41) is 9.00. The van der Waals surface area contributed by atoms with E-state index in [9.17, 15) is 8.78 Å². The Labute approximate surface area is 105 Å². The van der Waals surface area contributed by atoms with Crippen molar-refractivity contribution in [3.05, 3.63) is 59.2 Å². The maximum absolute atomic E-state index is 13.0. The van der Waals surface area contributed by atoms with Crippen molar-refractivity contribution >= 4 is 0 Å². The molecule has 0 aliphatic carbocycles. The SMILES string of the molecule is Cc1cccc(-c2ccc(CO)cc2C(F)F)c1. The minimum absolute atomic E-state index is 0.0350. The van der Waals surface area contributed by atoms with Gasteiger partial charge in [0.15, 0.2) is 0 Å². The minimum Gasteiger partial charge on any atom is -0.392 e. The maximum atomic E-state index is 13.0. The van der Waals surface area contributed by atoms with Crippen molar-refractivity contribution in [1.29, 1.82) is 0 Å². The normalized spacial score (nSPS) is 10.9. The van der Waals surface area contributed by atoms with Gasteiger partial charge in [0.25, 0.3) is 6.43 Å². The third-order valence-corrected chi connectivity index (χ3v) is 2.86. The summed E-state index contributed by atoms with van der Waals surface area (Å²) in [5.74, 6) is 0. The molecule has 2 aromatic rings. The quantitative estimate of drug-likeness (QED) is 0.867. The van der Waals surface area contributed by atoms with Crippen LogP contribution >= 0.6 is 0 Å². The fourth-order valence-electron chi connectivity index (χ4n) is 1.97. The van der Waals surface area contributed by atoms with Crippen molar-refractivity contribution in [2.24, 2.45) is 0 Å². The summed E-state index contributed by atoms with van der Waals surface area (Å²) >= 11 is 0. The van der Waals surface area contributed by atoms with E-state index in [1.54, 1.807) is 12.1 Å². The highest BCUT2D eigenvalue weighted by Gasteiger charge is 2.14. The summed E-state index contributed by atoms with van der Waals surface area (Å²) in [5.41, 5.74) is 2.79. The van der Waals surface area contributed by atoms with Crippen LogP contribution in [0.4, 0.5) is 8.78 Å². The van der Waals surface area contributed by atoms with E-state index in [0.29, 0.717) is 11.1 Å². The van der Waals surface area contributed by atoms with Crippen molar-refractivity contribution < 1.29 is 13.9 Å². The van der Waals surface area contributed by atoms with E-state index >= 15 is 0 Å². The predicted octanol–water partition coefficient (Wildman–Crippen LogP) is 4.09. The Hall–Kier alpha value is -1.74. The third-order valence-electron chi connectivity index (χ3n) is 2.86. The van der Waals surface area contributed by atoms with E-state index in [0.717, 1.165) is 11.1 Å². The molecule has 0 radical (unpaired) electrons. The van der Waals surface area contributed by atoms with Crippen molar-refractivity contribution in [3.63, 3.8) is 0 Å². The highest BCUT2D eigenvalue weighted by Crippen LogP contribution is 2.32. The Kier molecular flexibility index (Phi) is 3.72. The molecule has 0 saturated heterocycles. The predicted molar refractivity (Wildman–Crippen MR) is 67.5 cm³/mol. The minimum atomic E-state index is -2.55. The molecule has 0 aliphatic heterocycles. The van der Waals surface area contributed by atoms with Gasteiger partial charge in [-0.3, -0.25) is 0 Å². The Bertz CT molecular complexity index is 550. The molecule has 0 heterocycles. The lowest BCUT2D eigenvalue weighted by molar-refractivity contribution is 0.151. The van der Waals surface area contributed by atoms with Gasteiger partial charge in [-0.15, -0.1) is 0 Å². The van der Waals surface area contributed by atoms with Gasteiger partial charge in [-0.25, -0.2) is 8.78 Å². The topological polar surface area (TPSA) is 20.2 Å². The molecule has 94 valence electrons. The zero-order valence-electron chi connectivity index (χ0n) is 10.0. The van der Waals surface area contributed by atoms with E-state index in [4.69, 9.17) is 5.11 Å². The van der Waals surface area contributed by atoms with Crippen molar-refractivity contribution in [1.82, 2.24) is 0 Å². The molecule has 3 heteroatoms. The maximum Gasteiger partial charge on any atom is 0.264 e. The summed E-state index contributed by atoms with van der Waals surface area (Å²) in [6.45, 7) is 1.70. The molecule has 0 aromatic heterocycles. The fraction of sp³-hybridized carbons (Fsp3) is 0.200. The second kappa shape index (κ2) is 5.27. The molecule has 0 saturated carbocycles. The molecule has 0 amide bonds. The van der Waals surface area contributed by atoms with Gasteiger partial charge in [-0.2, -0.15) is 0 Å². The molecule has 0 bridgehead atoms. The number of rotatable bonds is 3. The lowest BCUT2D eigenvalue weighted by Crippen LogP contribution is -1.94. The fourth-order valence-corrected chi connectivity index (χ4v) is 1.97. The smallest absolute Gasteiger partial charge is 0.264 e. The molecule has 0 atom stereocenters. The first-order chi connectivity index (χ1) is 8.61. The van der Waals surface area contributed by atoms with Crippen LogP contribution in [0.2, 0.25) is 0 Å². The molecule has 0 unspecified atom stereocenters. The van der Waals surface area contributed by atoms with Gasteiger partial charge in [0.1, 0.15) is 0 Å². The molecule has 0 fully saturated rings. The van der Waals surface area contributed by atoms with E-state index in [1.807, 2.05) is 31.2 Å². The molecular formula is C15H14F2O. The standard InChI is InChI=1S/C15H14F2O/c1-10-3-2-4-12(7-10)13-6-5-11(9-18)8-14(13)15(16)17/h2-8,15,18H,9H2,1H3. The third kappa shape index (κ3) is 2.57. The Morgan fingerprint density at radius 2 is 1.89 bits per heavy atom. The first kappa shape index (κ1) is 12.7. The number of hydrogen-bond acceptors (Lipinski definition) is 1. The Morgan fingerprint density at radius 1 is 1.11 bits per heavy atom. The molecule has 2 aromatic carbocycles. The highest BCUT2D eigenvalue weighted by molar-refractivity contribution is 5.68. The van der Waals surface area contributed by atoms with Crippen molar-refractivity contribution in [3.8, 4) is 11.1 Å². The van der Waals surface area contributed by atoms with E-state index < -0.39 is 6.43 Å². The Balaban J connectivity index is 2.56. The van der Waals surface area contributed by atoms with Gasteiger partial charge in [-0.1, -0.05) is 42.0 Å². The summed E-state index contributed by atoms with van der Waals surface area (Å²) < 4.78 is 26.1. The van der Waals surface area contributed by atoms with Crippen LogP contribution in [0.1, 0.15) is 23.1 Å². The van der Waals surface area contributed by atoms with Crippen LogP contribution in [-0.2, 0) is 6.61 Å². The van der Waals surface area contributed by atoms with Gasteiger partial charge in [0, 0.05) is 5.56 Å². The van der Waals surface area contributed by atoms with Crippen LogP contribution in [0.3, 0.4) is 0 Å². The number of aliphatic hydroxyl groups is 1. The van der Waals surface area contributed by atoms with Gasteiger partial charge >= 0.3 is 0 Å². The van der Waals surface area contributed by atoms with Gasteiger partial charge in [0.05, 0.1) is 6.61 Å². The molecule has 0 spiro atoms. The molecule has 2 rings (SSSR count). The van der Waals surface area contributed by atoms with Crippen LogP contribution in [0.5, 0.6) is 0 Å². The second-order valence-electron chi connectivity index (χ2n) is 4.25. The van der Waals surface area contributed by atoms with Gasteiger partial charge in [-0.05, 0) is 29.7 Å². The van der Waals surface area contributed by atoms with Gasteiger partial charge < -0.3 is 5.11 Å². The zero-order valence-corrected chi connectivity index (χ0v) is 10.0. The van der Waals surface area contributed by atoms with Crippen molar-refractivity contribution in [2.45, 2.75) is 20.0 Å². The van der Waals surface area contributed by atoms with E-state index in [1.165, 1.54) is 6.07 Å². The molecular weight excluding hydrogens is 234 g/mol. The number of alkyl halides is 2. The number of halogens is 2. The molecule has 1 nitrogen and oxygen atoms in total. The summed E-state index contributed by atoms with van der Waals surface area (Å²) in [4.78, 5) is 0. The monoisotopic (exact) mass is 248 g/mol. The van der Waals surface area contributed by atoms with Gasteiger partial charge in [0.2, 0.25) is 0 Å². The van der Waals surface area contributed by atoms with Crippen LogP contribution in [0, 0.1) is 6.92 Å². The largest absolute Gasteiger partial charge is 0.392 e. The lowest BCUT2D eigenvalue weighted by atomic mass is 9.97. The summed E-state index contributed by atoms with van der Waals surface area (Å²) in [6.07, 6.45) is -2.55. The highest BCUT2D eigenvalue weighted by atomic mass is 19.3. The van der Waals surface area contributed by atoms with Crippen LogP contribution < -0.4 is 0 Å². The Morgan fingerprint density at radius 3 is 2.50 bits per heavy atom. The lowest BCUT2D eigenvalue weighted by Gasteiger charge is -2.11. The number of hydrogen-bond donors (Lipinski definition) is 1. The molecule has 18 heavy (non-hydrogen) atoms. The van der Waals surface area contributed by atoms with E-state index in [-0.39, 0.29) is 12.2 Å². The van der Waals surface area contributed by atoms with Crippen LogP contribution in [0.15, 0.2) is 42.5 Å². The first-order valence-electron chi connectivity index (χ1n) is 5.70. The first-order valence-corrected chi connectivity index (χ1v) is 5.70. The average Bonchev–Trinajstić information content (AvgIpc) is 2.38. The number of benzene rings is 2. The average molecular weight is 248 g/mol. The number of aryl methyl sites for hydroxylation is 1. The van der Waals surface area contributed by atoms with Crippen molar-refractivity contribution in [2.75, 3.05) is 0 Å². The number of aliphatic hydroxyl groups excluding tert-OH is 1. The van der Waals surface area contributed by atoms with Crippen LogP contribution in [-0.4, -0.2) is 5.11 Å². The van der Waals surface area contributed by atoms with Crippen LogP contribution in [0.25, 0.3) is 11.1 Å². The molecule has 0 aliphatic rings. The van der Waals surface area contributed by atoms with E-state index in [2.05, 4.69) is 0 Å². The summed E-state index contributed by atoms with van der Waals surface area (Å²) in [6, 6.07) is 12.1.